The normalized spacial score (nSPS) is 16.1. The van der Waals surface area contributed by atoms with Crippen molar-refractivity contribution in [3.05, 3.63) is 16.6 Å². The van der Waals surface area contributed by atoms with E-state index in [1.807, 2.05) is 11.6 Å². The highest BCUT2D eigenvalue weighted by atomic mass is 127. The molecular formula is C14H24IN5OS. The lowest BCUT2D eigenvalue weighted by atomic mass is 9.93. The lowest BCUT2D eigenvalue weighted by Crippen LogP contribution is -2.45. The Morgan fingerprint density at radius 3 is 2.77 bits per heavy atom. The predicted octanol–water partition coefficient (Wildman–Crippen LogP) is 1.68. The number of carbonyl (C=O) groups is 1. The van der Waals surface area contributed by atoms with Crippen LogP contribution in [0.5, 0.6) is 0 Å². The SMILES string of the molecule is CN=C(NCc1nccs1)N1CCC(CC(=O)NC)CC1.I. The Kier molecular flexibility index (Phi) is 8.69. The Balaban J connectivity index is 0.00000242. The van der Waals surface area contributed by atoms with Crippen molar-refractivity contribution in [1.82, 2.24) is 20.5 Å². The molecule has 2 heterocycles. The van der Waals surface area contributed by atoms with E-state index >= 15 is 0 Å². The first kappa shape index (κ1) is 19.1. The van der Waals surface area contributed by atoms with Crippen LogP contribution in [0.2, 0.25) is 0 Å². The number of carbonyl (C=O) groups excluding carboxylic acids is 1. The summed E-state index contributed by atoms with van der Waals surface area (Å²) in [5.41, 5.74) is 0. The maximum absolute atomic E-state index is 11.4. The monoisotopic (exact) mass is 437 g/mol. The second-order valence-corrected chi connectivity index (χ2v) is 6.11. The van der Waals surface area contributed by atoms with Gasteiger partial charge < -0.3 is 15.5 Å². The van der Waals surface area contributed by atoms with Crippen molar-refractivity contribution in [1.29, 1.82) is 0 Å². The number of rotatable bonds is 4. The van der Waals surface area contributed by atoms with Gasteiger partial charge in [-0.3, -0.25) is 9.79 Å². The molecule has 1 amide bonds. The number of nitrogens with zero attached hydrogens (tertiary/aromatic N) is 3. The molecule has 1 aromatic rings. The van der Waals surface area contributed by atoms with Crippen LogP contribution < -0.4 is 10.6 Å². The van der Waals surface area contributed by atoms with E-state index in [0.29, 0.717) is 18.9 Å². The summed E-state index contributed by atoms with van der Waals surface area (Å²) < 4.78 is 0. The molecule has 0 radical (unpaired) electrons. The molecule has 2 rings (SSSR count). The molecule has 6 nitrogen and oxygen atoms in total. The fraction of sp³-hybridized carbons (Fsp3) is 0.643. The Morgan fingerprint density at radius 2 is 2.23 bits per heavy atom. The molecule has 0 bridgehead atoms. The first-order valence-electron chi connectivity index (χ1n) is 7.27. The van der Waals surface area contributed by atoms with Crippen LogP contribution >= 0.6 is 35.3 Å². The molecule has 0 saturated carbocycles. The van der Waals surface area contributed by atoms with Gasteiger partial charge in [0.05, 0.1) is 6.54 Å². The first-order chi connectivity index (χ1) is 10.2. The predicted molar refractivity (Wildman–Crippen MR) is 101 cm³/mol. The highest BCUT2D eigenvalue weighted by molar-refractivity contribution is 14.0. The van der Waals surface area contributed by atoms with Crippen LogP contribution in [0.4, 0.5) is 0 Å². The Morgan fingerprint density at radius 1 is 1.50 bits per heavy atom. The van der Waals surface area contributed by atoms with Crippen molar-refractivity contribution in [3.8, 4) is 0 Å². The third-order valence-corrected chi connectivity index (χ3v) is 4.54. The molecule has 0 unspecified atom stereocenters. The van der Waals surface area contributed by atoms with Gasteiger partial charge in [0.2, 0.25) is 5.91 Å². The zero-order valence-electron chi connectivity index (χ0n) is 13.0. The molecule has 0 spiro atoms. The van der Waals surface area contributed by atoms with Crippen LogP contribution in [-0.4, -0.2) is 48.9 Å². The van der Waals surface area contributed by atoms with Gasteiger partial charge >= 0.3 is 0 Å². The molecule has 0 aliphatic carbocycles. The molecular weight excluding hydrogens is 413 g/mol. The summed E-state index contributed by atoms with van der Waals surface area (Å²) in [5.74, 6) is 1.54. The molecule has 0 atom stereocenters. The second-order valence-electron chi connectivity index (χ2n) is 5.13. The smallest absolute Gasteiger partial charge is 0.220 e. The van der Waals surface area contributed by atoms with Crippen LogP contribution in [0.15, 0.2) is 16.6 Å². The van der Waals surface area contributed by atoms with Gasteiger partial charge in [-0.2, -0.15) is 0 Å². The van der Waals surface area contributed by atoms with Crippen molar-refractivity contribution in [2.45, 2.75) is 25.8 Å². The van der Waals surface area contributed by atoms with Crippen molar-refractivity contribution in [2.24, 2.45) is 10.9 Å². The van der Waals surface area contributed by atoms with E-state index in [1.165, 1.54) is 0 Å². The number of hydrogen-bond donors (Lipinski definition) is 2. The maximum atomic E-state index is 11.4. The van der Waals surface area contributed by atoms with Crippen LogP contribution in [0.3, 0.4) is 0 Å². The topological polar surface area (TPSA) is 69.6 Å². The van der Waals surface area contributed by atoms with E-state index in [1.54, 1.807) is 25.4 Å². The number of thiazole rings is 1. The zero-order valence-corrected chi connectivity index (χ0v) is 16.2. The van der Waals surface area contributed by atoms with E-state index in [-0.39, 0.29) is 29.9 Å². The third-order valence-electron chi connectivity index (χ3n) is 3.76. The summed E-state index contributed by atoms with van der Waals surface area (Å²) in [6.07, 6.45) is 4.51. The summed E-state index contributed by atoms with van der Waals surface area (Å²) in [4.78, 5) is 22.3. The number of aliphatic imine (C=N–C) groups is 1. The van der Waals surface area contributed by atoms with Crippen LogP contribution in [0, 0.1) is 5.92 Å². The number of likely N-dealkylation sites (tertiary alicyclic amines) is 1. The molecule has 1 aliphatic heterocycles. The molecule has 1 saturated heterocycles. The fourth-order valence-electron chi connectivity index (χ4n) is 2.54. The quantitative estimate of drug-likeness (QED) is 0.428. The average molecular weight is 437 g/mol. The number of aromatic nitrogens is 1. The Labute approximate surface area is 152 Å². The van der Waals surface area contributed by atoms with E-state index in [0.717, 1.165) is 36.9 Å². The molecule has 2 N–H and O–H groups in total. The molecule has 124 valence electrons. The number of hydrogen-bond acceptors (Lipinski definition) is 4. The van der Waals surface area contributed by atoms with Crippen LogP contribution in [0.25, 0.3) is 0 Å². The van der Waals surface area contributed by atoms with Gasteiger partial charge in [-0.1, -0.05) is 0 Å². The number of nitrogens with one attached hydrogen (secondary N) is 2. The van der Waals surface area contributed by atoms with Gasteiger partial charge in [0.1, 0.15) is 5.01 Å². The molecule has 1 aromatic heterocycles. The molecule has 0 aromatic carbocycles. The van der Waals surface area contributed by atoms with Gasteiger partial charge in [-0.25, -0.2) is 4.98 Å². The van der Waals surface area contributed by atoms with Gasteiger partial charge in [0.15, 0.2) is 5.96 Å². The third kappa shape index (κ3) is 5.71. The molecule has 1 aliphatic rings. The van der Waals surface area contributed by atoms with Crippen LogP contribution in [-0.2, 0) is 11.3 Å². The van der Waals surface area contributed by atoms with Gasteiger partial charge in [0.25, 0.3) is 0 Å². The van der Waals surface area contributed by atoms with E-state index in [4.69, 9.17) is 0 Å². The number of piperidine rings is 1. The fourth-order valence-corrected chi connectivity index (χ4v) is 3.10. The number of guanidine groups is 1. The van der Waals surface area contributed by atoms with Crippen molar-refractivity contribution < 1.29 is 4.79 Å². The summed E-state index contributed by atoms with van der Waals surface area (Å²) in [5, 5.41) is 9.09. The lowest BCUT2D eigenvalue weighted by molar-refractivity contribution is -0.121. The highest BCUT2D eigenvalue weighted by Crippen LogP contribution is 2.20. The second kappa shape index (κ2) is 9.98. The first-order valence-corrected chi connectivity index (χ1v) is 8.15. The lowest BCUT2D eigenvalue weighted by Gasteiger charge is -2.33. The molecule has 22 heavy (non-hydrogen) atoms. The summed E-state index contributed by atoms with van der Waals surface area (Å²) >= 11 is 1.64. The largest absolute Gasteiger partial charge is 0.359 e. The molecule has 8 heteroatoms. The number of halogens is 1. The number of amides is 1. The van der Waals surface area contributed by atoms with Crippen molar-refractivity contribution in [2.75, 3.05) is 27.2 Å². The summed E-state index contributed by atoms with van der Waals surface area (Å²) in [7, 11) is 3.50. The van der Waals surface area contributed by atoms with Gasteiger partial charge in [-0.05, 0) is 18.8 Å². The zero-order chi connectivity index (χ0) is 15.1. The van der Waals surface area contributed by atoms with Gasteiger partial charge in [-0.15, -0.1) is 35.3 Å². The highest BCUT2D eigenvalue weighted by Gasteiger charge is 2.23. The van der Waals surface area contributed by atoms with Crippen LogP contribution in [0.1, 0.15) is 24.3 Å². The van der Waals surface area contributed by atoms with Crippen molar-refractivity contribution in [3.63, 3.8) is 0 Å². The standard InChI is InChI=1S/C14H23N5OS.HI/c1-15-12(20)9-11-3-6-19(7-4-11)14(16-2)18-10-13-17-5-8-21-13;/h5,8,11H,3-4,6-7,9-10H2,1-2H3,(H,15,20)(H,16,18);1H. The average Bonchev–Trinajstić information content (AvgIpc) is 3.02. The minimum absolute atomic E-state index is 0. The van der Waals surface area contributed by atoms with E-state index < -0.39 is 0 Å². The van der Waals surface area contributed by atoms with Gasteiger partial charge in [0, 0.05) is 45.2 Å². The van der Waals surface area contributed by atoms with Crippen molar-refractivity contribution >= 4 is 47.2 Å². The summed E-state index contributed by atoms with van der Waals surface area (Å²) in [6, 6.07) is 0. The van der Waals surface area contributed by atoms with E-state index in [9.17, 15) is 4.79 Å². The summed E-state index contributed by atoms with van der Waals surface area (Å²) in [6.45, 7) is 2.60. The maximum Gasteiger partial charge on any atom is 0.220 e. The Bertz CT molecular complexity index is 472. The minimum Gasteiger partial charge on any atom is -0.359 e. The Hall–Kier alpha value is -0.900. The van der Waals surface area contributed by atoms with E-state index in [2.05, 4.69) is 25.5 Å². The minimum atomic E-state index is 0. The molecule has 1 fully saturated rings.